The molecule has 92 valence electrons. The fourth-order valence-corrected chi connectivity index (χ4v) is 1.63. The average Bonchev–Trinajstić information content (AvgIpc) is 2.39. The maximum atomic E-state index is 5.97. The average molecular weight is 240 g/mol. The van der Waals surface area contributed by atoms with E-state index in [0.29, 0.717) is 11.4 Å². The Kier molecular flexibility index (Phi) is 3.63. The Labute approximate surface area is 107 Å². The zero-order valence-corrected chi connectivity index (χ0v) is 10.6. The SMILES string of the molecule is COc1cccc(C=Nc2ccc(C)cc2)c1N. The van der Waals surface area contributed by atoms with Crippen LogP contribution in [0.4, 0.5) is 11.4 Å². The third-order valence-corrected chi connectivity index (χ3v) is 2.71. The van der Waals surface area contributed by atoms with Crippen LogP contribution >= 0.6 is 0 Å². The molecule has 3 nitrogen and oxygen atoms in total. The van der Waals surface area contributed by atoms with Crippen molar-refractivity contribution in [3.63, 3.8) is 0 Å². The van der Waals surface area contributed by atoms with Crippen molar-refractivity contribution in [3.05, 3.63) is 53.6 Å². The number of ether oxygens (including phenoxy) is 1. The lowest BCUT2D eigenvalue weighted by molar-refractivity contribution is 0.417. The highest BCUT2D eigenvalue weighted by molar-refractivity contribution is 5.90. The molecule has 0 aliphatic heterocycles. The largest absolute Gasteiger partial charge is 0.495 e. The van der Waals surface area contributed by atoms with Gasteiger partial charge < -0.3 is 10.5 Å². The van der Waals surface area contributed by atoms with Crippen LogP contribution in [0.2, 0.25) is 0 Å². The predicted molar refractivity (Wildman–Crippen MR) is 75.8 cm³/mol. The summed E-state index contributed by atoms with van der Waals surface area (Å²) in [6.45, 7) is 2.05. The molecule has 0 aliphatic rings. The van der Waals surface area contributed by atoms with Gasteiger partial charge in [0.25, 0.3) is 0 Å². The van der Waals surface area contributed by atoms with Gasteiger partial charge >= 0.3 is 0 Å². The fraction of sp³-hybridized carbons (Fsp3) is 0.133. The van der Waals surface area contributed by atoms with E-state index in [-0.39, 0.29) is 0 Å². The highest BCUT2D eigenvalue weighted by atomic mass is 16.5. The topological polar surface area (TPSA) is 47.6 Å². The number of nitrogens with zero attached hydrogens (tertiary/aromatic N) is 1. The van der Waals surface area contributed by atoms with Crippen LogP contribution in [0.1, 0.15) is 11.1 Å². The van der Waals surface area contributed by atoms with Crippen LogP contribution in [-0.2, 0) is 0 Å². The molecule has 2 aromatic rings. The lowest BCUT2D eigenvalue weighted by atomic mass is 10.2. The van der Waals surface area contributed by atoms with Gasteiger partial charge in [-0.3, -0.25) is 4.99 Å². The van der Waals surface area contributed by atoms with E-state index in [9.17, 15) is 0 Å². The number of nitrogens with two attached hydrogens (primary N) is 1. The number of rotatable bonds is 3. The maximum absolute atomic E-state index is 5.97. The third-order valence-electron chi connectivity index (χ3n) is 2.71. The van der Waals surface area contributed by atoms with Gasteiger partial charge in [-0.25, -0.2) is 0 Å². The monoisotopic (exact) mass is 240 g/mol. The summed E-state index contributed by atoms with van der Waals surface area (Å²) < 4.78 is 5.17. The maximum Gasteiger partial charge on any atom is 0.142 e. The van der Waals surface area contributed by atoms with Crippen molar-refractivity contribution in [2.45, 2.75) is 6.92 Å². The lowest BCUT2D eigenvalue weighted by Crippen LogP contribution is -1.96. The summed E-state index contributed by atoms with van der Waals surface area (Å²) >= 11 is 0. The molecule has 0 radical (unpaired) electrons. The zero-order chi connectivity index (χ0) is 13.0. The van der Waals surface area contributed by atoms with Gasteiger partial charge in [-0.2, -0.15) is 0 Å². The molecule has 0 aromatic heterocycles. The van der Waals surface area contributed by atoms with Gasteiger partial charge in [-0.15, -0.1) is 0 Å². The number of hydrogen-bond donors (Lipinski definition) is 1. The van der Waals surface area contributed by atoms with Crippen molar-refractivity contribution in [1.29, 1.82) is 0 Å². The number of benzene rings is 2. The zero-order valence-electron chi connectivity index (χ0n) is 10.6. The van der Waals surface area contributed by atoms with Crippen LogP contribution in [0.25, 0.3) is 0 Å². The first-order valence-electron chi connectivity index (χ1n) is 5.74. The molecule has 2 rings (SSSR count). The second-order valence-electron chi connectivity index (χ2n) is 4.06. The van der Waals surface area contributed by atoms with E-state index < -0.39 is 0 Å². The minimum atomic E-state index is 0.607. The van der Waals surface area contributed by atoms with Crippen molar-refractivity contribution in [2.24, 2.45) is 4.99 Å². The number of anilines is 1. The van der Waals surface area contributed by atoms with Gasteiger partial charge in [0.15, 0.2) is 0 Å². The summed E-state index contributed by atoms with van der Waals surface area (Å²) in [7, 11) is 1.60. The van der Waals surface area contributed by atoms with E-state index in [4.69, 9.17) is 10.5 Å². The first-order valence-corrected chi connectivity index (χ1v) is 5.74. The van der Waals surface area contributed by atoms with Gasteiger partial charge in [0.2, 0.25) is 0 Å². The summed E-state index contributed by atoms with van der Waals surface area (Å²) in [4.78, 5) is 4.39. The lowest BCUT2D eigenvalue weighted by Gasteiger charge is -2.06. The number of hydrogen-bond acceptors (Lipinski definition) is 3. The van der Waals surface area contributed by atoms with Crippen molar-refractivity contribution in [1.82, 2.24) is 0 Å². The molecular weight excluding hydrogens is 224 g/mol. The third kappa shape index (κ3) is 2.69. The van der Waals surface area contributed by atoms with E-state index in [0.717, 1.165) is 11.3 Å². The van der Waals surface area contributed by atoms with Gasteiger partial charge in [-0.05, 0) is 25.1 Å². The molecule has 0 fully saturated rings. The van der Waals surface area contributed by atoms with Gasteiger partial charge in [0, 0.05) is 11.8 Å². The van der Waals surface area contributed by atoms with Crippen molar-refractivity contribution < 1.29 is 4.74 Å². The summed E-state index contributed by atoms with van der Waals surface area (Å²) in [5, 5.41) is 0. The summed E-state index contributed by atoms with van der Waals surface area (Å²) in [5.74, 6) is 0.669. The first-order chi connectivity index (χ1) is 8.70. The number of aliphatic imine (C=N–C) groups is 1. The molecule has 0 unspecified atom stereocenters. The Hall–Kier alpha value is -2.29. The highest BCUT2D eigenvalue weighted by Gasteiger charge is 2.02. The summed E-state index contributed by atoms with van der Waals surface area (Å²) in [6, 6.07) is 13.6. The van der Waals surface area contributed by atoms with Crippen molar-refractivity contribution in [3.8, 4) is 5.75 Å². The van der Waals surface area contributed by atoms with Gasteiger partial charge in [0.1, 0.15) is 5.75 Å². The Morgan fingerprint density at radius 2 is 1.83 bits per heavy atom. The Balaban J connectivity index is 2.26. The summed E-state index contributed by atoms with van der Waals surface area (Å²) in [6.07, 6.45) is 1.75. The smallest absolute Gasteiger partial charge is 0.142 e. The van der Waals surface area contributed by atoms with Crippen LogP contribution in [0.5, 0.6) is 5.75 Å². The fourth-order valence-electron chi connectivity index (χ4n) is 1.63. The molecule has 0 aliphatic carbocycles. The van der Waals surface area contributed by atoms with E-state index in [1.54, 1.807) is 13.3 Å². The molecule has 0 bridgehead atoms. The molecule has 2 N–H and O–H groups in total. The Bertz CT molecular complexity index is 559. The van der Waals surface area contributed by atoms with E-state index in [1.165, 1.54) is 5.56 Å². The van der Waals surface area contributed by atoms with E-state index in [2.05, 4.69) is 4.99 Å². The molecule has 0 atom stereocenters. The number of para-hydroxylation sites is 1. The number of methoxy groups -OCH3 is 1. The van der Waals surface area contributed by atoms with Crippen LogP contribution in [-0.4, -0.2) is 13.3 Å². The molecular formula is C15H16N2O. The predicted octanol–water partition coefficient (Wildman–Crippen LogP) is 3.34. The highest BCUT2D eigenvalue weighted by Crippen LogP contribution is 2.24. The standard InChI is InChI=1S/C15H16N2O/c1-11-6-8-13(9-7-11)17-10-12-4-3-5-14(18-2)15(12)16/h3-10H,16H2,1-2H3. The van der Waals surface area contributed by atoms with Crippen molar-refractivity contribution in [2.75, 3.05) is 12.8 Å². The molecule has 0 heterocycles. The van der Waals surface area contributed by atoms with Gasteiger partial charge in [0.05, 0.1) is 18.5 Å². The van der Waals surface area contributed by atoms with Crippen LogP contribution in [0, 0.1) is 6.92 Å². The molecule has 18 heavy (non-hydrogen) atoms. The molecule has 0 spiro atoms. The molecule has 0 saturated heterocycles. The van der Waals surface area contributed by atoms with Crippen LogP contribution < -0.4 is 10.5 Å². The molecule has 0 amide bonds. The molecule has 3 heteroatoms. The normalized spacial score (nSPS) is 10.8. The Morgan fingerprint density at radius 1 is 1.11 bits per heavy atom. The van der Waals surface area contributed by atoms with Crippen molar-refractivity contribution >= 4 is 17.6 Å². The first kappa shape index (κ1) is 12.2. The summed E-state index contributed by atoms with van der Waals surface area (Å²) in [5.41, 5.74) is 9.55. The van der Waals surface area contributed by atoms with Crippen LogP contribution in [0.15, 0.2) is 47.5 Å². The Morgan fingerprint density at radius 3 is 2.50 bits per heavy atom. The minimum absolute atomic E-state index is 0.607. The second-order valence-corrected chi connectivity index (χ2v) is 4.06. The van der Waals surface area contributed by atoms with Crippen LogP contribution in [0.3, 0.4) is 0 Å². The van der Waals surface area contributed by atoms with E-state index >= 15 is 0 Å². The number of aryl methyl sites for hydroxylation is 1. The molecule has 0 saturated carbocycles. The van der Waals surface area contributed by atoms with E-state index in [1.807, 2.05) is 49.4 Å². The number of nitrogen functional groups attached to an aromatic ring is 1. The second kappa shape index (κ2) is 5.36. The molecule has 2 aromatic carbocycles. The minimum Gasteiger partial charge on any atom is -0.495 e. The van der Waals surface area contributed by atoms with Gasteiger partial charge in [-0.1, -0.05) is 29.8 Å². The quantitative estimate of drug-likeness (QED) is 0.660.